The monoisotopic (exact) mass is 210 g/mol. The van der Waals surface area contributed by atoms with E-state index in [0.717, 1.165) is 19.2 Å². The van der Waals surface area contributed by atoms with Crippen LogP contribution in [0.5, 0.6) is 0 Å². The minimum Gasteiger partial charge on any atom is -0.358 e. The Morgan fingerprint density at radius 2 is 2.40 bits per heavy atom. The SMILES string of the molecule is O=C1NCCCC1Nc1cc(F)ncn1. The maximum atomic E-state index is 12.7. The molecule has 2 N–H and O–H groups in total. The van der Waals surface area contributed by atoms with Crippen LogP contribution in [0.25, 0.3) is 0 Å². The van der Waals surface area contributed by atoms with Crippen molar-refractivity contribution in [3.8, 4) is 0 Å². The van der Waals surface area contributed by atoms with Gasteiger partial charge in [0.25, 0.3) is 0 Å². The number of hydrogen-bond donors (Lipinski definition) is 2. The maximum absolute atomic E-state index is 12.7. The maximum Gasteiger partial charge on any atom is 0.242 e. The minimum atomic E-state index is -0.608. The van der Waals surface area contributed by atoms with Crippen molar-refractivity contribution in [1.82, 2.24) is 15.3 Å². The Bertz CT molecular complexity index is 371. The molecule has 1 amide bonds. The van der Waals surface area contributed by atoms with Crippen LogP contribution in [0.1, 0.15) is 12.8 Å². The number of piperidine rings is 1. The van der Waals surface area contributed by atoms with Crippen LogP contribution in [0.15, 0.2) is 12.4 Å². The van der Waals surface area contributed by atoms with Gasteiger partial charge < -0.3 is 10.6 Å². The zero-order chi connectivity index (χ0) is 10.7. The van der Waals surface area contributed by atoms with Gasteiger partial charge in [-0.3, -0.25) is 4.79 Å². The second-order valence-corrected chi connectivity index (χ2v) is 3.36. The molecule has 2 heterocycles. The smallest absolute Gasteiger partial charge is 0.242 e. The molecule has 6 heteroatoms. The van der Waals surface area contributed by atoms with Crippen LogP contribution in [0, 0.1) is 5.95 Å². The zero-order valence-electron chi connectivity index (χ0n) is 8.03. The molecule has 1 aliphatic rings. The highest BCUT2D eigenvalue weighted by molar-refractivity contribution is 5.84. The lowest BCUT2D eigenvalue weighted by molar-refractivity contribution is -0.123. The first-order valence-corrected chi connectivity index (χ1v) is 4.77. The van der Waals surface area contributed by atoms with Gasteiger partial charge in [0.05, 0.1) is 0 Å². The first-order chi connectivity index (χ1) is 7.25. The Hall–Kier alpha value is -1.72. The third-order valence-corrected chi connectivity index (χ3v) is 2.24. The lowest BCUT2D eigenvalue weighted by atomic mass is 10.1. The van der Waals surface area contributed by atoms with E-state index in [9.17, 15) is 9.18 Å². The third kappa shape index (κ3) is 2.39. The van der Waals surface area contributed by atoms with Gasteiger partial charge in [0.1, 0.15) is 18.2 Å². The van der Waals surface area contributed by atoms with Crippen LogP contribution < -0.4 is 10.6 Å². The highest BCUT2D eigenvalue weighted by atomic mass is 19.1. The molecule has 1 aromatic heterocycles. The van der Waals surface area contributed by atoms with E-state index in [1.165, 1.54) is 6.07 Å². The summed E-state index contributed by atoms with van der Waals surface area (Å²) in [6.07, 6.45) is 2.77. The summed E-state index contributed by atoms with van der Waals surface area (Å²) in [6, 6.07) is 0.843. The van der Waals surface area contributed by atoms with E-state index in [4.69, 9.17) is 0 Å². The Labute approximate surface area is 86.1 Å². The van der Waals surface area contributed by atoms with Crippen LogP contribution in [0.3, 0.4) is 0 Å². The van der Waals surface area contributed by atoms with Gasteiger partial charge in [0.15, 0.2) is 0 Å². The van der Waals surface area contributed by atoms with Crippen LogP contribution in [0.4, 0.5) is 10.2 Å². The molecule has 0 aromatic carbocycles. The third-order valence-electron chi connectivity index (χ3n) is 2.24. The van der Waals surface area contributed by atoms with Crippen molar-refractivity contribution in [2.24, 2.45) is 0 Å². The van der Waals surface area contributed by atoms with Crippen molar-refractivity contribution in [3.63, 3.8) is 0 Å². The average Bonchev–Trinajstić information content (AvgIpc) is 2.22. The van der Waals surface area contributed by atoms with Crippen LogP contribution in [0.2, 0.25) is 0 Å². The predicted octanol–water partition coefficient (Wildman–Crippen LogP) is 0.306. The quantitative estimate of drug-likeness (QED) is 0.689. The van der Waals surface area contributed by atoms with Gasteiger partial charge in [-0.15, -0.1) is 0 Å². The van der Waals surface area contributed by atoms with Crippen molar-refractivity contribution in [2.45, 2.75) is 18.9 Å². The Balaban J connectivity index is 2.04. The molecule has 5 nitrogen and oxygen atoms in total. The van der Waals surface area contributed by atoms with Crippen molar-refractivity contribution in [3.05, 3.63) is 18.3 Å². The molecule has 15 heavy (non-hydrogen) atoms. The van der Waals surface area contributed by atoms with Crippen LogP contribution in [-0.2, 0) is 4.79 Å². The number of aromatic nitrogens is 2. The van der Waals surface area contributed by atoms with Crippen molar-refractivity contribution in [2.75, 3.05) is 11.9 Å². The molecule has 0 spiro atoms. The van der Waals surface area contributed by atoms with Gasteiger partial charge in [-0.05, 0) is 12.8 Å². The number of nitrogens with one attached hydrogen (secondary N) is 2. The molecule has 0 saturated carbocycles. The topological polar surface area (TPSA) is 66.9 Å². The van der Waals surface area contributed by atoms with Gasteiger partial charge in [-0.25, -0.2) is 9.97 Å². The fraction of sp³-hybridized carbons (Fsp3) is 0.444. The molecule has 1 aliphatic heterocycles. The van der Waals surface area contributed by atoms with Crippen LogP contribution >= 0.6 is 0 Å². The molecule has 0 radical (unpaired) electrons. The summed E-state index contributed by atoms with van der Waals surface area (Å²) in [4.78, 5) is 18.5. The van der Waals surface area contributed by atoms with Crippen LogP contribution in [-0.4, -0.2) is 28.5 Å². The normalized spacial score (nSPS) is 20.9. The standard InChI is InChI=1S/C9H11FN4O/c10-7-4-8(13-5-12-7)14-6-2-1-3-11-9(6)15/h4-6H,1-3H2,(H,11,15)(H,12,13,14). The number of halogens is 1. The molecule has 1 unspecified atom stereocenters. The summed E-state index contributed by atoms with van der Waals surface area (Å²) in [7, 11) is 0. The first kappa shape index (κ1) is 9.82. The number of anilines is 1. The Morgan fingerprint density at radius 3 is 3.13 bits per heavy atom. The lowest BCUT2D eigenvalue weighted by Gasteiger charge is -2.22. The molecular formula is C9H11FN4O. The largest absolute Gasteiger partial charge is 0.358 e. The second-order valence-electron chi connectivity index (χ2n) is 3.36. The van der Waals surface area contributed by atoms with Crippen molar-refractivity contribution >= 4 is 11.7 Å². The van der Waals surface area contributed by atoms with Gasteiger partial charge in [-0.1, -0.05) is 0 Å². The first-order valence-electron chi connectivity index (χ1n) is 4.77. The highest BCUT2D eigenvalue weighted by Crippen LogP contribution is 2.10. The molecule has 80 valence electrons. The van der Waals surface area contributed by atoms with E-state index >= 15 is 0 Å². The molecule has 1 aromatic rings. The number of carbonyl (C=O) groups excluding carboxylic acids is 1. The van der Waals surface area contributed by atoms with Gasteiger partial charge in [-0.2, -0.15) is 4.39 Å². The molecule has 1 saturated heterocycles. The van der Waals surface area contributed by atoms with E-state index in [-0.39, 0.29) is 11.9 Å². The highest BCUT2D eigenvalue weighted by Gasteiger charge is 2.21. The van der Waals surface area contributed by atoms with Gasteiger partial charge >= 0.3 is 0 Å². The Kier molecular flexibility index (Phi) is 2.75. The molecule has 2 rings (SSSR count). The zero-order valence-corrected chi connectivity index (χ0v) is 8.03. The molecular weight excluding hydrogens is 199 g/mol. The summed E-state index contributed by atoms with van der Waals surface area (Å²) >= 11 is 0. The number of amides is 1. The number of hydrogen-bond acceptors (Lipinski definition) is 4. The number of carbonyl (C=O) groups is 1. The fourth-order valence-electron chi connectivity index (χ4n) is 1.50. The average molecular weight is 210 g/mol. The summed E-state index contributed by atoms with van der Waals surface area (Å²) in [6.45, 7) is 0.704. The fourth-order valence-corrected chi connectivity index (χ4v) is 1.50. The predicted molar refractivity (Wildman–Crippen MR) is 51.6 cm³/mol. The molecule has 0 aliphatic carbocycles. The van der Waals surface area contributed by atoms with E-state index in [1.54, 1.807) is 0 Å². The number of nitrogens with zero attached hydrogens (tertiary/aromatic N) is 2. The molecule has 1 atom stereocenters. The van der Waals surface area contributed by atoms with Crippen molar-refractivity contribution in [1.29, 1.82) is 0 Å². The van der Waals surface area contributed by atoms with E-state index in [1.807, 2.05) is 0 Å². The van der Waals surface area contributed by atoms with E-state index < -0.39 is 5.95 Å². The van der Waals surface area contributed by atoms with Crippen molar-refractivity contribution < 1.29 is 9.18 Å². The Morgan fingerprint density at radius 1 is 1.53 bits per heavy atom. The van der Waals surface area contributed by atoms with E-state index in [0.29, 0.717) is 12.4 Å². The van der Waals surface area contributed by atoms with E-state index in [2.05, 4.69) is 20.6 Å². The summed E-state index contributed by atoms with van der Waals surface area (Å²) in [5.41, 5.74) is 0. The second kappa shape index (κ2) is 4.20. The summed E-state index contributed by atoms with van der Waals surface area (Å²) in [5, 5.41) is 5.60. The number of rotatable bonds is 2. The summed E-state index contributed by atoms with van der Waals surface area (Å²) in [5.74, 6) is -0.339. The van der Waals surface area contributed by atoms with Gasteiger partial charge in [0.2, 0.25) is 11.9 Å². The lowest BCUT2D eigenvalue weighted by Crippen LogP contribution is -2.44. The van der Waals surface area contributed by atoms with Gasteiger partial charge in [0, 0.05) is 12.6 Å². The summed E-state index contributed by atoms with van der Waals surface area (Å²) < 4.78 is 12.7. The molecule has 0 bridgehead atoms. The minimum absolute atomic E-state index is 0.0692. The molecule has 1 fully saturated rings.